The molecule has 3 rings (SSSR count). The number of nitrogens with one attached hydrogen (secondary N) is 1. The predicted octanol–water partition coefficient (Wildman–Crippen LogP) is 0.992. The first-order valence-corrected chi connectivity index (χ1v) is 7.79. The van der Waals surface area contributed by atoms with Crippen molar-refractivity contribution in [3.05, 3.63) is 42.4 Å². The van der Waals surface area contributed by atoms with E-state index in [2.05, 4.69) is 20.3 Å². The van der Waals surface area contributed by atoms with Gasteiger partial charge in [-0.2, -0.15) is 5.10 Å². The van der Waals surface area contributed by atoms with Gasteiger partial charge in [-0.3, -0.25) is 9.48 Å². The van der Waals surface area contributed by atoms with Gasteiger partial charge in [-0.1, -0.05) is 6.07 Å². The Bertz CT molecular complexity index is 638. The minimum absolute atomic E-state index is 0.0644. The van der Waals surface area contributed by atoms with Gasteiger partial charge in [0.1, 0.15) is 11.9 Å². The van der Waals surface area contributed by atoms with Crippen LogP contribution in [0, 0.1) is 0 Å². The number of rotatable bonds is 5. The zero-order valence-corrected chi connectivity index (χ0v) is 13.2. The van der Waals surface area contributed by atoms with E-state index in [0.717, 1.165) is 24.5 Å². The lowest BCUT2D eigenvalue weighted by Gasteiger charge is -2.29. The molecule has 0 radical (unpaired) electrons. The third-order valence-electron chi connectivity index (χ3n) is 3.93. The van der Waals surface area contributed by atoms with Crippen LogP contribution in [0.25, 0.3) is 0 Å². The largest absolute Gasteiger partial charge is 0.378 e. The number of carbonyl (C=O) groups is 1. The molecule has 1 atom stereocenters. The second kappa shape index (κ2) is 7.23. The fraction of sp³-hybridized carbons (Fsp3) is 0.438. The van der Waals surface area contributed by atoms with E-state index >= 15 is 0 Å². The van der Waals surface area contributed by atoms with Gasteiger partial charge in [0, 0.05) is 43.8 Å². The molecule has 122 valence electrons. The Labute approximate surface area is 135 Å². The fourth-order valence-electron chi connectivity index (χ4n) is 2.59. The number of amides is 1. The van der Waals surface area contributed by atoms with E-state index < -0.39 is 0 Å². The van der Waals surface area contributed by atoms with Crippen molar-refractivity contribution >= 4 is 11.7 Å². The van der Waals surface area contributed by atoms with Crippen molar-refractivity contribution < 1.29 is 9.53 Å². The van der Waals surface area contributed by atoms with Gasteiger partial charge in [-0.25, -0.2) is 4.98 Å². The minimum atomic E-state index is -0.339. The number of hydrogen-bond acceptors (Lipinski definition) is 5. The van der Waals surface area contributed by atoms with Crippen molar-refractivity contribution in [2.45, 2.75) is 19.5 Å². The van der Waals surface area contributed by atoms with Crippen molar-refractivity contribution in [1.82, 2.24) is 20.1 Å². The zero-order chi connectivity index (χ0) is 16.1. The predicted molar refractivity (Wildman–Crippen MR) is 86.1 cm³/mol. The monoisotopic (exact) mass is 315 g/mol. The first-order valence-electron chi connectivity index (χ1n) is 7.79. The highest BCUT2D eigenvalue weighted by atomic mass is 16.5. The molecule has 2 aromatic rings. The minimum Gasteiger partial charge on any atom is -0.378 e. The lowest BCUT2D eigenvalue weighted by Crippen LogP contribution is -2.38. The standard InChI is InChI=1S/C16H21N5O2/c1-13(21-7-3-6-19-21)16(22)18-12-14-4-2-5-17-15(14)20-8-10-23-11-9-20/h2-7,13H,8-12H2,1H3,(H,18,22)/t13-/m0/s1. The van der Waals surface area contributed by atoms with Crippen molar-refractivity contribution in [3.63, 3.8) is 0 Å². The first-order chi connectivity index (χ1) is 11.3. The number of anilines is 1. The Hall–Kier alpha value is -2.41. The van der Waals surface area contributed by atoms with Crippen molar-refractivity contribution in [1.29, 1.82) is 0 Å². The molecule has 3 heterocycles. The summed E-state index contributed by atoms with van der Waals surface area (Å²) < 4.78 is 7.02. The Morgan fingerprint density at radius 3 is 2.91 bits per heavy atom. The van der Waals surface area contributed by atoms with Crippen LogP contribution in [0.3, 0.4) is 0 Å². The number of ether oxygens (including phenoxy) is 1. The molecule has 1 aliphatic rings. The molecule has 1 amide bonds. The highest BCUT2D eigenvalue weighted by Gasteiger charge is 2.18. The molecular formula is C16H21N5O2. The molecule has 1 saturated heterocycles. The molecule has 0 aliphatic carbocycles. The molecule has 2 aromatic heterocycles. The summed E-state index contributed by atoms with van der Waals surface area (Å²) in [6, 6.07) is 5.36. The number of aromatic nitrogens is 3. The van der Waals surface area contributed by atoms with E-state index in [1.807, 2.05) is 19.1 Å². The summed E-state index contributed by atoms with van der Waals surface area (Å²) in [6.07, 6.45) is 5.23. The molecule has 0 bridgehead atoms. The van der Waals surface area contributed by atoms with Crippen LogP contribution in [0.4, 0.5) is 5.82 Å². The van der Waals surface area contributed by atoms with Gasteiger partial charge >= 0.3 is 0 Å². The number of carbonyl (C=O) groups excluding carboxylic acids is 1. The van der Waals surface area contributed by atoms with Crippen LogP contribution < -0.4 is 10.2 Å². The van der Waals surface area contributed by atoms with Gasteiger partial charge in [0.25, 0.3) is 0 Å². The number of hydrogen-bond donors (Lipinski definition) is 1. The molecular weight excluding hydrogens is 294 g/mol. The molecule has 1 fully saturated rings. The molecule has 0 spiro atoms. The Kier molecular flexibility index (Phi) is 4.87. The molecule has 23 heavy (non-hydrogen) atoms. The van der Waals surface area contributed by atoms with Crippen molar-refractivity contribution in [2.24, 2.45) is 0 Å². The van der Waals surface area contributed by atoms with Crippen molar-refractivity contribution in [2.75, 3.05) is 31.2 Å². The van der Waals surface area contributed by atoms with Gasteiger partial charge in [-0.15, -0.1) is 0 Å². The Morgan fingerprint density at radius 2 is 2.17 bits per heavy atom. The van der Waals surface area contributed by atoms with Crippen LogP contribution in [0.5, 0.6) is 0 Å². The number of pyridine rings is 1. The summed E-state index contributed by atoms with van der Waals surface area (Å²) in [6.45, 7) is 5.33. The van der Waals surface area contributed by atoms with Gasteiger partial charge in [0.2, 0.25) is 5.91 Å². The summed E-state index contributed by atoms with van der Waals surface area (Å²) in [7, 11) is 0. The van der Waals surface area contributed by atoms with Crippen LogP contribution in [0.15, 0.2) is 36.8 Å². The van der Waals surface area contributed by atoms with Gasteiger partial charge in [0.15, 0.2) is 0 Å². The zero-order valence-electron chi connectivity index (χ0n) is 13.2. The SMILES string of the molecule is C[C@@H](C(=O)NCc1cccnc1N1CCOCC1)n1cccn1. The molecule has 1 aliphatic heterocycles. The van der Waals surface area contributed by atoms with E-state index in [4.69, 9.17) is 4.74 Å². The number of morpholine rings is 1. The molecule has 7 nitrogen and oxygen atoms in total. The topological polar surface area (TPSA) is 72.3 Å². The van der Waals surface area contributed by atoms with E-state index in [9.17, 15) is 4.79 Å². The smallest absolute Gasteiger partial charge is 0.244 e. The second-order valence-corrected chi connectivity index (χ2v) is 5.47. The third-order valence-corrected chi connectivity index (χ3v) is 3.93. The van der Waals surface area contributed by atoms with Gasteiger partial charge < -0.3 is 15.0 Å². The summed E-state index contributed by atoms with van der Waals surface area (Å²) in [5.41, 5.74) is 1.01. The van der Waals surface area contributed by atoms with Crippen molar-refractivity contribution in [3.8, 4) is 0 Å². The molecule has 7 heteroatoms. The Morgan fingerprint density at radius 1 is 1.35 bits per heavy atom. The third kappa shape index (κ3) is 3.68. The maximum atomic E-state index is 12.3. The van der Waals surface area contributed by atoms with Crippen LogP contribution in [-0.2, 0) is 16.1 Å². The summed E-state index contributed by atoms with van der Waals surface area (Å²) >= 11 is 0. The first kappa shape index (κ1) is 15.5. The normalized spacial score (nSPS) is 16.1. The van der Waals surface area contributed by atoms with Gasteiger partial charge in [0.05, 0.1) is 13.2 Å². The average Bonchev–Trinajstić information content (AvgIpc) is 3.14. The maximum Gasteiger partial charge on any atom is 0.244 e. The second-order valence-electron chi connectivity index (χ2n) is 5.47. The van der Waals surface area contributed by atoms with Crippen LogP contribution in [0.1, 0.15) is 18.5 Å². The van der Waals surface area contributed by atoms with E-state index in [1.165, 1.54) is 0 Å². The summed E-state index contributed by atoms with van der Waals surface area (Å²) in [5, 5.41) is 7.07. The molecule has 0 unspecified atom stereocenters. The average molecular weight is 315 g/mol. The quantitative estimate of drug-likeness (QED) is 0.891. The maximum absolute atomic E-state index is 12.3. The lowest BCUT2D eigenvalue weighted by molar-refractivity contribution is -0.124. The molecule has 0 aromatic carbocycles. The number of nitrogens with zero attached hydrogens (tertiary/aromatic N) is 4. The molecule has 0 saturated carbocycles. The van der Waals surface area contributed by atoms with Crippen LogP contribution >= 0.6 is 0 Å². The molecule has 1 N–H and O–H groups in total. The van der Waals surface area contributed by atoms with Gasteiger partial charge in [-0.05, 0) is 19.1 Å². The lowest BCUT2D eigenvalue weighted by atomic mass is 10.2. The van der Waals surface area contributed by atoms with Crippen LogP contribution in [-0.4, -0.2) is 47.0 Å². The van der Waals surface area contributed by atoms with E-state index in [-0.39, 0.29) is 11.9 Å². The van der Waals surface area contributed by atoms with Crippen LogP contribution in [0.2, 0.25) is 0 Å². The Balaban J connectivity index is 1.65. The fourth-order valence-corrected chi connectivity index (χ4v) is 2.59. The summed E-state index contributed by atoms with van der Waals surface area (Å²) in [4.78, 5) is 18.9. The highest BCUT2D eigenvalue weighted by molar-refractivity contribution is 5.79. The van der Waals surface area contributed by atoms with E-state index in [0.29, 0.717) is 19.8 Å². The van der Waals surface area contributed by atoms with E-state index in [1.54, 1.807) is 29.3 Å². The summed E-state index contributed by atoms with van der Waals surface area (Å²) in [5.74, 6) is 0.855. The highest BCUT2D eigenvalue weighted by Crippen LogP contribution is 2.18.